The average Bonchev–Trinajstić information content (AvgIpc) is 3.23. The van der Waals surface area contributed by atoms with Crippen LogP contribution in [0, 0.1) is 6.92 Å². The summed E-state index contributed by atoms with van der Waals surface area (Å²) in [4.78, 5) is 4.14. The fourth-order valence-corrected chi connectivity index (χ4v) is 2.90. The van der Waals surface area contributed by atoms with Gasteiger partial charge in [0.1, 0.15) is 17.8 Å². The van der Waals surface area contributed by atoms with E-state index in [4.69, 9.17) is 13.7 Å². The van der Waals surface area contributed by atoms with E-state index >= 15 is 0 Å². The molecule has 2 aromatic heterocycles. The maximum Gasteiger partial charge on any atom is 0.225 e. The lowest BCUT2D eigenvalue weighted by atomic mass is 10.1. The fourth-order valence-electron chi connectivity index (χ4n) is 2.41. The highest BCUT2D eigenvalue weighted by Crippen LogP contribution is 2.30. The van der Waals surface area contributed by atoms with Gasteiger partial charge >= 0.3 is 0 Å². The largest absolute Gasteiger partial charge is 0.492 e. The fraction of sp³-hybridized carbons (Fsp3) is 0.333. The summed E-state index contributed by atoms with van der Waals surface area (Å²) in [5, 5.41) is 3.89. The summed E-state index contributed by atoms with van der Waals surface area (Å²) in [6.45, 7) is 2.62. The second-order valence-corrected chi connectivity index (χ2v) is 6.43. The van der Waals surface area contributed by atoms with Crippen LogP contribution >= 0.6 is 15.9 Å². The van der Waals surface area contributed by atoms with Crippen LogP contribution in [0.2, 0.25) is 0 Å². The van der Waals surface area contributed by atoms with Crippen molar-refractivity contribution in [1.82, 2.24) is 10.1 Å². The van der Waals surface area contributed by atoms with E-state index in [2.05, 4.69) is 26.1 Å². The van der Waals surface area contributed by atoms with Gasteiger partial charge in [0.25, 0.3) is 0 Å². The molecule has 3 aromatic rings. The molecule has 0 saturated heterocycles. The van der Waals surface area contributed by atoms with Gasteiger partial charge in [0.2, 0.25) is 5.89 Å². The maximum absolute atomic E-state index is 5.83. The molecule has 0 bridgehead atoms. The number of rotatable bonds is 8. The van der Waals surface area contributed by atoms with Crippen LogP contribution in [0.5, 0.6) is 5.75 Å². The number of nitrogens with zero attached hydrogens (tertiary/aromatic N) is 2. The Balaban J connectivity index is 1.40. The van der Waals surface area contributed by atoms with Crippen LogP contribution in [0.25, 0.3) is 11.5 Å². The van der Waals surface area contributed by atoms with Gasteiger partial charge in [0, 0.05) is 18.1 Å². The molecule has 0 atom stereocenters. The third kappa shape index (κ3) is 4.47. The van der Waals surface area contributed by atoms with E-state index in [0.29, 0.717) is 12.5 Å². The number of hydrogen-bond acceptors (Lipinski definition) is 5. The molecule has 24 heavy (non-hydrogen) atoms. The highest BCUT2D eigenvalue weighted by molar-refractivity contribution is 9.10. The standard InChI is InChI=1S/C18H19BrN2O3/c1-13-11-15(24-21-13)5-3-2-4-9-22-17-7-6-14(12-16(17)19)18-20-8-10-23-18/h6-8,10-12H,2-5,9H2,1H3. The van der Waals surface area contributed by atoms with Crippen LogP contribution in [-0.2, 0) is 6.42 Å². The lowest BCUT2D eigenvalue weighted by Crippen LogP contribution is -1.98. The molecule has 2 heterocycles. The highest BCUT2D eigenvalue weighted by Gasteiger charge is 2.07. The molecule has 0 aliphatic rings. The number of hydrogen-bond donors (Lipinski definition) is 0. The molecule has 0 spiro atoms. The Morgan fingerprint density at radius 3 is 2.79 bits per heavy atom. The van der Waals surface area contributed by atoms with Crippen molar-refractivity contribution in [3.8, 4) is 17.2 Å². The van der Waals surface area contributed by atoms with Crippen LogP contribution in [-0.4, -0.2) is 16.7 Å². The van der Waals surface area contributed by atoms with Crippen molar-refractivity contribution in [2.24, 2.45) is 0 Å². The normalized spacial score (nSPS) is 10.9. The summed E-state index contributed by atoms with van der Waals surface area (Å²) in [5.74, 6) is 2.39. The van der Waals surface area contributed by atoms with E-state index in [1.165, 1.54) is 0 Å². The molecular formula is C18H19BrN2O3. The Kier molecular flexibility index (Phi) is 5.69. The third-order valence-electron chi connectivity index (χ3n) is 3.61. The van der Waals surface area contributed by atoms with E-state index in [-0.39, 0.29) is 0 Å². The Labute approximate surface area is 149 Å². The minimum absolute atomic E-state index is 0.602. The van der Waals surface area contributed by atoms with Gasteiger partial charge in [-0.2, -0.15) is 0 Å². The Hall–Kier alpha value is -2.08. The molecular weight excluding hydrogens is 372 g/mol. The minimum atomic E-state index is 0.602. The first-order valence-electron chi connectivity index (χ1n) is 7.97. The molecule has 0 saturated carbocycles. The van der Waals surface area contributed by atoms with Gasteiger partial charge in [-0.25, -0.2) is 4.98 Å². The van der Waals surface area contributed by atoms with Crippen molar-refractivity contribution >= 4 is 15.9 Å². The molecule has 0 amide bonds. The van der Waals surface area contributed by atoms with Gasteiger partial charge in [-0.15, -0.1) is 0 Å². The van der Waals surface area contributed by atoms with Gasteiger partial charge in [0.15, 0.2) is 0 Å². The van der Waals surface area contributed by atoms with Gasteiger partial charge in [-0.05, 0) is 60.3 Å². The van der Waals surface area contributed by atoms with E-state index in [1.54, 1.807) is 12.5 Å². The van der Waals surface area contributed by atoms with E-state index in [1.807, 2.05) is 31.2 Å². The zero-order valence-electron chi connectivity index (χ0n) is 13.5. The Morgan fingerprint density at radius 1 is 1.17 bits per heavy atom. The first kappa shape index (κ1) is 16.8. The smallest absolute Gasteiger partial charge is 0.225 e. The van der Waals surface area contributed by atoms with E-state index in [0.717, 1.165) is 52.9 Å². The predicted molar refractivity (Wildman–Crippen MR) is 93.9 cm³/mol. The first-order valence-corrected chi connectivity index (χ1v) is 8.76. The topological polar surface area (TPSA) is 61.3 Å². The zero-order valence-corrected chi connectivity index (χ0v) is 15.1. The van der Waals surface area contributed by atoms with Crippen LogP contribution in [0.1, 0.15) is 30.7 Å². The summed E-state index contributed by atoms with van der Waals surface area (Å²) >= 11 is 3.53. The molecule has 6 heteroatoms. The molecule has 1 aromatic carbocycles. The van der Waals surface area contributed by atoms with Crippen LogP contribution in [0.15, 0.2) is 50.1 Å². The SMILES string of the molecule is Cc1cc(CCCCCOc2ccc(-c3ncco3)cc2Br)on1. The number of ether oxygens (including phenoxy) is 1. The minimum Gasteiger partial charge on any atom is -0.492 e. The van der Waals surface area contributed by atoms with Crippen LogP contribution in [0.4, 0.5) is 0 Å². The molecule has 0 radical (unpaired) electrons. The molecule has 0 aliphatic carbocycles. The molecule has 3 rings (SSSR count). The maximum atomic E-state index is 5.83. The molecule has 0 N–H and O–H groups in total. The summed E-state index contributed by atoms with van der Waals surface area (Å²) in [6.07, 6.45) is 7.28. The molecule has 0 unspecified atom stereocenters. The van der Waals surface area contributed by atoms with Crippen LogP contribution < -0.4 is 4.74 Å². The van der Waals surface area contributed by atoms with Crippen molar-refractivity contribution in [2.75, 3.05) is 6.61 Å². The summed E-state index contributed by atoms with van der Waals surface area (Å²) in [5.41, 5.74) is 1.85. The zero-order chi connectivity index (χ0) is 16.8. The summed E-state index contributed by atoms with van der Waals surface area (Å²) < 4.78 is 17.2. The van der Waals surface area contributed by atoms with Crippen molar-refractivity contribution in [1.29, 1.82) is 0 Å². The number of unbranched alkanes of at least 4 members (excludes halogenated alkanes) is 2. The number of halogens is 1. The second kappa shape index (κ2) is 8.15. The van der Waals surface area contributed by atoms with E-state index in [9.17, 15) is 0 Å². The molecule has 0 fully saturated rings. The van der Waals surface area contributed by atoms with Gasteiger partial charge in [-0.1, -0.05) is 5.16 Å². The number of aryl methyl sites for hydroxylation is 2. The van der Waals surface area contributed by atoms with Crippen molar-refractivity contribution in [2.45, 2.75) is 32.6 Å². The second-order valence-electron chi connectivity index (χ2n) is 5.58. The molecule has 0 aliphatic heterocycles. The van der Waals surface area contributed by atoms with Gasteiger partial charge < -0.3 is 13.7 Å². The Bertz CT molecular complexity index is 768. The Morgan fingerprint density at radius 2 is 2.08 bits per heavy atom. The average molecular weight is 391 g/mol. The predicted octanol–water partition coefficient (Wildman–Crippen LogP) is 5.19. The highest BCUT2D eigenvalue weighted by atomic mass is 79.9. The van der Waals surface area contributed by atoms with Crippen molar-refractivity contribution in [3.63, 3.8) is 0 Å². The quantitative estimate of drug-likeness (QED) is 0.495. The van der Waals surface area contributed by atoms with Crippen molar-refractivity contribution in [3.05, 3.63) is 52.7 Å². The number of oxazole rings is 1. The van der Waals surface area contributed by atoms with Crippen molar-refractivity contribution < 1.29 is 13.7 Å². The summed E-state index contributed by atoms with van der Waals surface area (Å²) in [7, 11) is 0. The third-order valence-corrected chi connectivity index (χ3v) is 4.23. The van der Waals surface area contributed by atoms with Gasteiger partial charge in [-0.3, -0.25) is 0 Å². The molecule has 126 valence electrons. The number of aromatic nitrogens is 2. The monoisotopic (exact) mass is 390 g/mol. The lowest BCUT2D eigenvalue weighted by molar-refractivity contribution is 0.301. The first-order chi connectivity index (χ1) is 11.7. The van der Waals surface area contributed by atoms with Crippen LogP contribution in [0.3, 0.4) is 0 Å². The molecule has 5 nitrogen and oxygen atoms in total. The van der Waals surface area contributed by atoms with E-state index < -0.39 is 0 Å². The summed E-state index contributed by atoms with van der Waals surface area (Å²) in [6, 6.07) is 7.82. The lowest BCUT2D eigenvalue weighted by Gasteiger charge is -2.08. The van der Waals surface area contributed by atoms with Gasteiger partial charge in [0.05, 0.1) is 23.0 Å². The number of benzene rings is 1.